The molecule has 0 amide bonds. The topological polar surface area (TPSA) is 75.5 Å². The van der Waals surface area contributed by atoms with Crippen molar-refractivity contribution in [1.82, 2.24) is 9.97 Å². The molecule has 25 heavy (non-hydrogen) atoms. The van der Waals surface area contributed by atoms with E-state index in [2.05, 4.69) is 4.98 Å². The summed E-state index contributed by atoms with van der Waals surface area (Å²) in [5.41, 5.74) is 2.69. The zero-order valence-electron chi connectivity index (χ0n) is 14.8. The van der Waals surface area contributed by atoms with Crippen LogP contribution in [-0.4, -0.2) is 40.7 Å². The third kappa shape index (κ3) is 3.43. The smallest absolute Gasteiger partial charge is 0.326 e. The third-order valence-corrected chi connectivity index (χ3v) is 4.77. The van der Waals surface area contributed by atoms with E-state index < -0.39 is 12.0 Å². The second kappa shape index (κ2) is 7.09. The molecule has 0 spiro atoms. The predicted octanol–water partition coefficient (Wildman–Crippen LogP) is 3.21. The third-order valence-electron chi connectivity index (χ3n) is 4.77. The van der Waals surface area contributed by atoms with Gasteiger partial charge in [0, 0.05) is 23.4 Å². The molecule has 6 nitrogen and oxygen atoms in total. The van der Waals surface area contributed by atoms with Crippen molar-refractivity contribution in [2.24, 2.45) is 0 Å². The molecule has 1 aromatic carbocycles. The number of nitrogens with zero attached hydrogens (tertiary/aromatic N) is 3. The molecule has 1 fully saturated rings. The van der Waals surface area contributed by atoms with Crippen LogP contribution in [0.4, 0.5) is 5.82 Å². The van der Waals surface area contributed by atoms with Gasteiger partial charge in [0.15, 0.2) is 5.82 Å². The molecule has 0 aliphatic carbocycles. The van der Waals surface area contributed by atoms with Crippen molar-refractivity contribution in [3.8, 4) is 17.1 Å². The highest BCUT2D eigenvalue weighted by atomic mass is 16.5. The zero-order chi connectivity index (χ0) is 18.0. The Bertz CT molecular complexity index is 774. The Morgan fingerprint density at radius 3 is 2.56 bits per heavy atom. The van der Waals surface area contributed by atoms with Crippen molar-refractivity contribution in [1.29, 1.82) is 0 Å². The Morgan fingerprint density at radius 1 is 1.20 bits per heavy atom. The van der Waals surface area contributed by atoms with Crippen molar-refractivity contribution in [3.05, 3.63) is 35.5 Å². The number of methoxy groups -OCH3 is 1. The summed E-state index contributed by atoms with van der Waals surface area (Å²) in [7, 11) is 1.63. The van der Waals surface area contributed by atoms with Gasteiger partial charge >= 0.3 is 5.97 Å². The van der Waals surface area contributed by atoms with Gasteiger partial charge in [-0.15, -0.1) is 0 Å². The quantitative estimate of drug-likeness (QED) is 0.920. The Labute approximate surface area is 147 Å². The molecule has 1 aromatic heterocycles. The van der Waals surface area contributed by atoms with Crippen molar-refractivity contribution in [2.75, 3.05) is 18.6 Å². The van der Waals surface area contributed by atoms with Crippen molar-refractivity contribution in [2.45, 2.75) is 39.2 Å². The number of aromatic nitrogens is 2. The fourth-order valence-corrected chi connectivity index (χ4v) is 3.20. The van der Waals surface area contributed by atoms with E-state index in [0.29, 0.717) is 18.8 Å². The number of carboxylic acid groups (broad SMARTS) is 1. The van der Waals surface area contributed by atoms with Crippen molar-refractivity contribution in [3.63, 3.8) is 0 Å². The number of hydrogen-bond acceptors (Lipinski definition) is 5. The van der Waals surface area contributed by atoms with E-state index >= 15 is 0 Å². The van der Waals surface area contributed by atoms with Crippen LogP contribution in [0, 0.1) is 13.8 Å². The zero-order valence-corrected chi connectivity index (χ0v) is 14.8. The predicted molar refractivity (Wildman–Crippen MR) is 96.1 cm³/mol. The summed E-state index contributed by atoms with van der Waals surface area (Å²) in [4.78, 5) is 22.9. The van der Waals surface area contributed by atoms with E-state index in [4.69, 9.17) is 9.72 Å². The molecule has 2 heterocycles. The SMILES string of the molecule is COc1ccc(-c2nc(C)c(C)c(N3CCCCC3C(=O)O)n2)cc1. The highest BCUT2D eigenvalue weighted by Gasteiger charge is 2.31. The van der Waals surface area contributed by atoms with Gasteiger partial charge in [-0.1, -0.05) is 0 Å². The fraction of sp³-hybridized carbons (Fsp3) is 0.421. The minimum Gasteiger partial charge on any atom is -0.497 e. The lowest BCUT2D eigenvalue weighted by molar-refractivity contribution is -0.139. The van der Waals surface area contributed by atoms with Crippen LogP contribution >= 0.6 is 0 Å². The van der Waals surface area contributed by atoms with E-state index in [1.54, 1.807) is 7.11 Å². The number of rotatable bonds is 4. The summed E-state index contributed by atoms with van der Waals surface area (Å²) in [5.74, 6) is 1.32. The Balaban J connectivity index is 2.04. The highest BCUT2D eigenvalue weighted by molar-refractivity contribution is 5.78. The molecule has 6 heteroatoms. The summed E-state index contributed by atoms with van der Waals surface area (Å²) >= 11 is 0. The Hall–Kier alpha value is -2.63. The summed E-state index contributed by atoms with van der Waals surface area (Å²) in [6.07, 6.45) is 2.56. The first-order valence-electron chi connectivity index (χ1n) is 8.50. The minimum atomic E-state index is -0.790. The normalized spacial score (nSPS) is 17.4. The number of ether oxygens (including phenoxy) is 1. The van der Waals surface area contributed by atoms with E-state index in [-0.39, 0.29) is 0 Å². The summed E-state index contributed by atoms with van der Waals surface area (Å²) in [6.45, 7) is 4.60. The maximum Gasteiger partial charge on any atom is 0.326 e. The van der Waals surface area contributed by atoms with Gasteiger partial charge in [0.25, 0.3) is 0 Å². The number of aliphatic carboxylic acids is 1. The molecule has 2 aromatic rings. The van der Waals surface area contributed by atoms with Gasteiger partial charge in [0.1, 0.15) is 17.6 Å². The van der Waals surface area contributed by atoms with Crippen LogP contribution in [0.1, 0.15) is 30.5 Å². The first-order valence-corrected chi connectivity index (χ1v) is 8.50. The van der Waals surface area contributed by atoms with E-state index in [1.165, 1.54) is 0 Å². The molecular formula is C19H23N3O3. The molecule has 1 N–H and O–H groups in total. The van der Waals surface area contributed by atoms with Gasteiger partial charge in [-0.05, 0) is 57.4 Å². The molecule has 132 valence electrons. The van der Waals surface area contributed by atoms with Crippen LogP contribution in [0.2, 0.25) is 0 Å². The number of benzene rings is 1. The lowest BCUT2D eigenvalue weighted by Crippen LogP contribution is -2.45. The average Bonchev–Trinajstić information content (AvgIpc) is 2.64. The number of carbonyl (C=O) groups is 1. The van der Waals surface area contributed by atoms with Crippen LogP contribution in [0.5, 0.6) is 5.75 Å². The average molecular weight is 341 g/mol. The summed E-state index contributed by atoms with van der Waals surface area (Å²) in [5, 5.41) is 9.58. The first kappa shape index (κ1) is 17.2. The minimum absolute atomic E-state index is 0.523. The second-order valence-corrected chi connectivity index (χ2v) is 6.35. The Kier molecular flexibility index (Phi) is 4.88. The molecule has 3 rings (SSSR count). The largest absolute Gasteiger partial charge is 0.497 e. The maximum atomic E-state index is 11.7. The van der Waals surface area contributed by atoms with Gasteiger partial charge in [-0.3, -0.25) is 0 Å². The lowest BCUT2D eigenvalue weighted by atomic mass is 10.0. The lowest BCUT2D eigenvalue weighted by Gasteiger charge is -2.35. The fourth-order valence-electron chi connectivity index (χ4n) is 3.20. The van der Waals surface area contributed by atoms with Crippen LogP contribution in [0.3, 0.4) is 0 Å². The molecule has 1 saturated heterocycles. The number of anilines is 1. The van der Waals surface area contributed by atoms with E-state index in [9.17, 15) is 9.90 Å². The van der Waals surface area contributed by atoms with Gasteiger partial charge in [-0.25, -0.2) is 14.8 Å². The standard InChI is InChI=1S/C19H23N3O3/c1-12-13(2)20-17(14-7-9-15(25-3)10-8-14)21-18(12)22-11-5-4-6-16(22)19(23)24/h7-10,16H,4-6,11H2,1-3H3,(H,23,24). The molecule has 1 atom stereocenters. The van der Waals surface area contributed by atoms with Crippen LogP contribution in [0.25, 0.3) is 11.4 Å². The second-order valence-electron chi connectivity index (χ2n) is 6.35. The monoisotopic (exact) mass is 341 g/mol. The number of hydrogen-bond donors (Lipinski definition) is 1. The van der Waals surface area contributed by atoms with Gasteiger partial charge in [0.05, 0.1) is 7.11 Å². The first-order chi connectivity index (χ1) is 12.0. The number of piperidine rings is 1. The van der Waals surface area contributed by atoms with Crippen LogP contribution < -0.4 is 9.64 Å². The van der Waals surface area contributed by atoms with Gasteiger partial charge in [-0.2, -0.15) is 0 Å². The van der Waals surface area contributed by atoms with Crippen molar-refractivity contribution < 1.29 is 14.6 Å². The molecule has 0 saturated carbocycles. The maximum absolute atomic E-state index is 11.7. The van der Waals surface area contributed by atoms with Crippen LogP contribution in [0.15, 0.2) is 24.3 Å². The number of aryl methyl sites for hydroxylation is 1. The molecule has 1 aliphatic rings. The van der Waals surface area contributed by atoms with Gasteiger partial charge in [0.2, 0.25) is 0 Å². The molecule has 1 aliphatic heterocycles. The summed E-state index contributed by atoms with van der Waals surface area (Å²) in [6, 6.07) is 7.04. The van der Waals surface area contributed by atoms with Crippen molar-refractivity contribution >= 4 is 11.8 Å². The van der Waals surface area contributed by atoms with E-state index in [0.717, 1.165) is 41.2 Å². The molecular weight excluding hydrogens is 318 g/mol. The highest BCUT2D eigenvalue weighted by Crippen LogP contribution is 2.30. The van der Waals surface area contributed by atoms with E-state index in [1.807, 2.05) is 43.0 Å². The summed E-state index contributed by atoms with van der Waals surface area (Å²) < 4.78 is 5.19. The molecule has 0 radical (unpaired) electrons. The Morgan fingerprint density at radius 2 is 1.92 bits per heavy atom. The van der Waals surface area contributed by atoms with Crippen LogP contribution in [-0.2, 0) is 4.79 Å². The van der Waals surface area contributed by atoms with Gasteiger partial charge < -0.3 is 14.7 Å². The number of carboxylic acids is 1. The molecule has 0 bridgehead atoms. The molecule has 1 unspecified atom stereocenters.